The predicted molar refractivity (Wildman–Crippen MR) is 129 cm³/mol. The van der Waals surface area contributed by atoms with Gasteiger partial charge in [-0.1, -0.05) is 35.4 Å². The maximum Gasteiger partial charge on any atom is 0.298 e. The number of halogens is 1. The normalized spacial score (nSPS) is 19.9. The molecule has 2 aliphatic rings. The van der Waals surface area contributed by atoms with Crippen LogP contribution in [0.5, 0.6) is 0 Å². The van der Waals surface area contributed by atoms with Gasteiger partial charge in [-0.25, -0.2) is 0 Å². The molecule has 2 atom stereocenters. The van der Waals surface area contributed by atoms with E-state index in [1.54, 1.807) is 12.3 Å². The highest BCUT2D eigenvalue weighted by Crippen LogP contribution is 2.37. The van der Waals surface area contributed by atoms with Gasteiger partial charge < -0.3 is 14.2 Å². The Morgan fingerprint density at radius 2 is 2.03 bits per heavy atom. The highest BCUT2D eigenvalue weighted by molar-refractivity contribution is 6.31. The SMILES string of the molecule is Cc1ccc(-c2ccccn2)c(C(=O)N2C[C@@H]3CCN(c4nc5cc(Cl)ccc5o4)C[C@@H]32)c1. The van der Waals surface area contributed by atoms with Gasteiger partial charge in [-0.2, -0.15) is 4.98 Å². The Morgan fingerprint density at radius 3 is 2.88 bits per heavy atom. The van der Waals surface area contributed by atoms with Crippen LogP contribution in [-0.2, 0) is 0 Å². The lowest BCUT2D eigenvalue weighted by Crippen LogP contribution is -2.65. The third kappa shape index (κ3) is 3.55. The van der Waals surface area contributed by atoms with Crippen LogP contribution in [0.25, 0.3) is 22.4 Å². The highest BCUT2D eigenvalue weighted by atomic mass is 35.5. The number of likely N-dealkylation sites (tertiary alicyclic amines) is 1. The van der Waals surface area contributed by atoms with E-state index in [1.165, 1.54) is 0 Å². The summed E-state index contributed by atoms with van der Waals surface area (Å²) in [6, 6.07) is 18.0. The number of aryl methyl sites for hydroxylation is 1. The summed E-state index contributed by atoms with van der Waals surface area (Å²) < 4.78 is 5.99. The molecule has 2 aromatic carbocycles. The van der Waals surface area contributed by atoms with Crippen LogP contribution < -0.4 is 4.90 Å². The maximum atomic E-state index is 13.7. The van der Waals surface area contributed by atoms with E-state index in [0.717, 1.165) is 47.4 Å². The van der Waals surface area contributed by atoms with E-state index in [1.807, 2.05) is 60.4 Å². The molecule has 1 amide bonds. The number of piperidine rings is 1. The van der Waals surface area contributed by atoms with E-state index < -0.39 is 0 Å². The number of carbonyl (C=O) groups is 1. The number of rotatable bonds is 3. The second kappa shape index (κ2) is 7.89. The molecular weight excluding hydrogens is 436 g/mol. The van der Waals surface area contributed by atoms with Crippen molar-refractivity contribution < 1.29 is 9.21 Å². The first-order valence-corrected chi connectivity index (χ1v) is 11.6. The summed E-state index contributed by atoms with van der Waals surface area (Å²) in [5, 5.41) is 0.638. The molecule has 2 aromatic heterocycles. The number of hydrogen-bond acceptors (Lipinski definition) is 5. The van der Waals surface area contributed by atoms with E-state index in [9.17, 15) is 4.79 Å². The fourth-order valence-corrected chi connectivity index (χ4v) is 5.13. The Bertz CT molecular complexity index is 1350. The zero-order valence-corrected chi connectivity index (χ0v) is 19.0. The number of pyridine rings is 1. The lowest BCUT2D eigenvalue weighted by atomic mass is 9.81. The highest BCUT2D eigenvalue weighted by Gasteiger charge is 2.46. The fourth-order valence-electron chi connectivity index (χ4n) is 4.96. The number of benzene rings is 2. The minimum absolute atomic E-state index is 0.0619. The number of amides is 1. The third-order valence-corrected chi connectivity index (χ3v) is 7.00. The largest absolute Gasteiger partial charge is 0.423 e. The number of nitrogens with zero attached hydrogens (tertiary/aromatic N) is 4. The van der Waals surface area contributed by atoms with Crippen molar-refractivity contribution in [2.24, 2.45) is 5.92 Å². The first-order chi connectivity index (χ1) is 16.1. The van der Waals surface area contributed by atoms with Crippen molar-refractivity contribution in [3.63, 3.8) is 0 Å². The van der Waals surface area contributed by atoms with Crippen LogP contribution >= 0.6 is 11.6 Å². The van der Waals surface area contributed by atoms with E-state index in [4.69, 9.17) is 16.0 Å². The molecule has 0 spiro atoms. The van der Waals surface area contributed by atoms with E-state index >= 15 is 0 Å². The van der Waals surface area contributed by atoms with Gasteiger partial charge in [-0.3, -0.25) is 9.78 Å². The molecule has 166 valence electrons. The standard InChI is InChI=1S/C26H23ClN4O2/c1-16-5-7-19(21-4-2-3-10-28-21)20(12-16)25(32)31-14-17-9-11-30(15-23(17)31)26-29-22-13-18(27)6-8-24(22)33-26/h2-8,10,12-13,17,23H,9,11,14-15H2,1H3/t17-,23-/m0/s1. The quantitative estimate of drug-likeness (QED) is 0.422. The van der Waals surface area contributed by atoms with Gasteiger partial charge in [0, 0.05) is 47.9 Å². The van der Waals surface area contributed by atoms with Crippen LogP contribution in [-0.4, -0.2) is 46.5 Å². The first-order valence-electron chi connectivity index (χ1n) is 11.2. The van der Waals surface area contributed by atoms with Crippen molar-refractivity contribution in [2.45, 2.75) is 19.4 Å². The molecule has 0 unspecified atom stereocenters. The van der Waals surface area contributed by atoms with Crippen molar-refractivity contribution in [3.8, 4) is 11.3 Å². The maximum absolute atomic E-state index is 13.7. The van der Waals surface area contributed by atoms with Gasteiger partial charge in [-0.05, 0) is 49.7 Å². The van der Waals surface area contributed by atoms with Crippen molar-refractivity contribution in [1.82, 2.24) is 14.9 Å². The van der Waals surface area contributed by atoms with Gasteiger partial charge >= 0.3 is 0 Å². The summed E-state index contributed by atoms with van der Waals surface area (Å²) in [5.74, 6) is 0.568. The third-order valence-electron chi connectivity index (χ3n) is 6.77. The average Bonchev–Trinajstić information content (AvgIpc) is 3.23. The smallest absolute Gasteiger partial charge is 0.298 e. The van der Waals surface area contributed by atoms with Crippen molar-refractivity contribution in [2.75, 3.05) is 24.5 Å². The molecule has 6 nitrogen and oxygen atoms in total. The molecule has 0 bridgehead atoms. The second-order valence-corrected chi connectivity index (χ2v) is 9.33. The van der Waals surface area contributed by atoms with Gasteiger partial charge in [-0.15, -0.1) is 0 Å². The molecule has 2 aliphatic heterocycles. The van der Waals surface area contributed by atoms with Gasteiger partial charge in [0.05, 0.1) is 11.7 Å². The van der Waals surface area contributed by atoms with Gasteiger partial charge in [0.25, 0.3) is 11.9 Å². The Balaban J connectivity index is 1.27. The predicted octanol–water partition coefficient (Wildman–Crippen LogP) is 5.20. The zero-order valence-electron chi connectivity index (χ0n) is 18.2. The summed E-state index contributed by atoms with van der Waals surface area (Å²) in [6.07, 6.45) is 2.77. The Kier molecular flexibility index (Phi) is 4.84. The van der Waals surface area contributed by atoms with Crippen LogP contribution in [0.3, 0.4) is 0 Å². The van der Waals surface area contributed by atoms with E-state index in [-0.39, 0.29) is 11.9 Å². The van der Waals surface area contributed by atoms with Crippen LogP contribution in [0.2, 0.25) is 5.02 Å². The fraction of sp³-hybridized carbons (Fsp3) is 0.269. The molecule has 0 radical (unpaired) electrons. The number of hydrogen-bond donors (Lipinski definition) is 0. The van der Waals surface area contributed by atoms with Crippen LogP contribution in [0, 0.1) is 12.8 Å². The summed E-state index contributed by atoms with van der Waals surface area (Å²) in [5.41, 5.74) is 4.93. The molecule has 0 N–H and O–H groups in total. The first kappa shape index (κ1) is 20.2. The average molecular weight is 459 g/mol. The molecule has 2 saturated heterocycles. The van der Waals surface area contributed by atoms with Crippen molar-refractivity contribution in [3.05, 3.63) is 76.9 Å². The molecule has 0 saturated carbocycles. The van der Waals surface area contributed by atoms with Gasteiger partial charge in [0.2, 0.25) is 0 Å². The molecular formula is C26H23ClN4O2. The molecule has 33 heavy (non-hydrogen) atoms. The topological polar surface area (TPSA) is 62.5 Å². The number of oxazole rings is 1. The van der Waals surface area contributed by atoms with E-state index in [0.29, 0.717) is 29.1 Å². The number of fused-ring (bicyclic) bond motifs is 2. The van der Waals surface area contributed by atoms with E-state index in [2.05, 4.69) is 14.9 Å². The van der Waals surface area contributed by atoms with Gasteiger partial charge in [0.1, 0.15) is 5.52 Å². The summed E-state index contributed by atoms with van der Waals surface area (Å²) in [6.45, 7) is 4.38. The molecule has 4 heterocycles. The molecule has 7 heteroatoms. The Hall–Kier alpha value is -3.38. The van der Waals surface area contributed by atoms with Crippen LogP contribution in [0.4, 0.5) is 6.01 Å². The van der Waals surface area contributed by atoms with Crippen LogP contribution in [0.1, 0.15) is 22.3 Å². The Morgan fingerprint density at radius 1 is 1.12 bits per heavy atom. The summed E-state index contributed by atoms with van der Waals surface area (Å²) >= 11 is 6.10. The molecule has 0 aliphatic carbocycles. The number of aromatic nitrogens is 2. The summed E-state index contributed by atoms with van der Waals surface area (Å²) in [7, 11) is 0. The zero-order chi connectivity index (χ0) is 22.5. The minimum Gasteiger partial charge on any atom is -0.423 e. The molecule has 6 rings (SSSR count). The summed E-state index contributed by atoms with van der Waals surface area (Å²) in [4.78, 5) is 26.9. The lowest BCUT2D eigenvalue weighted by molar-refractivity contribution is 0.00733. The second-order valence-electron chi connectivity index (χ2n) is 8.89. The lowest BCUT2D eigenvalue weighted by Gasteiger charge is -2.53. The number of anilines is 1. The molecule has 4 aromatic rings. The molecule has 2 fully saturated rings. The Labute approximate surface area is 196 Å². The number of carbonyl (C=O) groups excluding carboxylic acids is 1. The van der Waals surface area contributed by atoms with Crippen molar-refractivity contribution >= 4 is 34.6 Å². The minimum atomic E-state index is 0.0619. The van der Waals surface area contributed by atoms with Gasteiger partial charge in [0.15, 0.2) is 5.58 Å². The monoisotopic (exact) mass is 458 g/mol. The van der Waals surface area contributed by atoms with Crippen molar-refractivity contribution in [1.29, 1.82) is 0 Å². The van der Waals surface area contributed by atoms with Crippen LogP contribution in [0.15, 0.2) is 65.2 Å².